The van der Waals surface area contributed by atoms with Crippen molar-refractivity contribution in [3.8, 4) is 5.75 Å². The monoisotopic (exact) mass is 331 g/mol. The Kier molecular flexibility index (Phi) is 6.56. The average Bonchev–Trinajstić information content (AvgIpc) is 2.36. The molecule has 0 heterocycles. The molecule has 0 spiro atoms. The molecule has 6 nitrogen and oxygen atoms in total. The summed E-state index contributed by atoms with van der Waals surface area (Å²) in [6.45, 7) is -2.84. The fraction of sp³-hybridized carbons (Fsp3) is 0.400. The van der Waals surface area contributed by atoms with E-state index in [1.165, 1.54) is 7.11 Å². The molecule has 10 heteroatoms. The van der Waals surface area contributed by atoms with Gasteiger partial charge in [0, 0.05) is 7.11 Å². The van der Waals surface area contributed by atoms with Crippen molar-refractivity contribution in [1.82, 2.24) is 4.89 Å². The van der Waals surface area contributed by atoms with E-state index in [0.717, 1.165) is 18.2 Å². The van der Waals surface area contributed by atoms with Crippen LogP contribution in [0, 0.1) is 0 Å². The van der Waals surface area contributed by atoms with Gasteiger partial charge in [-0.05, 0) is 18.2 Å². The van der Waals surface area contributed by atoms with E-state index in [-0.39, 0.29) is 28.9 Å². The maximum absolute atomic E-state index is 12.0. The fourth-order valence-corrected chi connectivity index (χ4v) is 2.28. The van der Waals surface area contributed by atoms with Crippen molar-refractivity contribution in [3.05, 3.63) is 23.2 Å². The predicted octanol–water partition coefficient (Wildman–Crippen LogP) is 1.80. The molecule has 0 fully saturated rings. The van der Waals surface area contributed by atoms with Crippen LogP contribution in [0.25, 0.3) is 0 Å². The van der Waals surface area contributed by atoms with E-state index in [0.29, 0.717) is 0 Å². The minimum Gasteiger partial charge on any atom is -0.433 e. The van der Waals surface area contributed by atoms with Gasteiger partial charge in [-0.3, -0.25) is 4.84 Å². The number of hydrogen-bond acceptors (Lipinski definition) is 5. The largest absolute Gasteiger partial charge is 0.433 e. The molecular formula is C10H12ClF2NO5S. The standard InChI is InChI=1S/C10H12ClF2NO5S/c1-17-4-5-18-14-20(15,16)7-2-3-9(8(11)6-7)19-10(12)13/h2-3,6,10,14H,4-5H2,1H3. The molecule has 0 saturated carbocycles. The Labute approximate surface area is 119 Å². The van der Waals surface area contributed by atoms with Crippen molar-refractivity contribution in [1.29, 1.82) is 0 Å². The van der Waals surface area contributed by atoms with Gasteiger partial charge in [0.25, 0.3) is 10.0 Å². The van der Waals surface area contributed by atoms with E-state index in [2.05, 4.69) is 14.3 Å². The molecule has 1 rings (SSSR count). The highest BCUT2D eigenvalue weighted by Crippen LogP contribution is 2.28. The molecule has 0 saturated heterocycles. The highest BCUT2D eigenvalue weighted by Gasteiger charge is 2.17. The lowest BCUT2D eigenvalue weighted by molar-refractivity contribution is -0.0498. The van der Waals surface area contributed by atoms with Crippen LogP contribution in [0.2, 0.25) is 5.02 Å². The minimum atomic E-state index is -3.96. The number of rotatable bonds is 8. The number of sulfonamides is 1. The quantitative estimate of drug-likeness (QED) is 0.581. The number of alkyl halides is 2. The van der Waals surface area contributed by atoms with Gasteiger partial charge in [-0.2, -0.15) is 8.78 Å². The number of hydrogen-bond donors (Lipinski definition) is 1. The fourth-order valence-electron chi connectivity index (χ4n) is 1.13. The summed E-state index contributed by atoms with van der Waals surface area (Å²) in [7, 11) is -2.53. The zero-order valence-electron chi connectivity index (χ0n) is 10.3. The summed E-state index contributed by atoms with van der Waals surface area (Å²) >= 11 is 5.65. The maximum Gasteiger partial charge on any atom is 0.387 e. The minimum absolute atomic E-state index is 0.00996. The summed E-state index contributed by atoms with van der Waals surface area (Å²) in [5, 5.41) is -0.259. The van der Waals surface area contributed by atoms with E-state index in [9.17, 15) is 17.2 Å². The Morgan fingerprint density at radius 2 is 2.05 bits per heavy atom. The third-order valence-corrected chi connectivity index (χ3v) is 3.50. The van der Waals surface area contributed by atoms with Gasteiger partial charge in [-0.1, -0.05) is 16.5 Å². The van der Waals surface area contributed by atoms with Gasteiger partial charge >= 0.3 is 6.61 Å². The van der Waals surface area contributed by atoms with Gasteiger partial charge in [0.05, 0.1) is 23.1 Å². The van der Waals surface area contributed by atoms with Gasteiger partial charge in [-0.25, -0.2) is 8.42 Å². The van der Waals surface area contributed by atoms with Crippen LogP contribution in [0.4, 0.5) is 8.78 Å². The first-order valence-electron chi connectivity index (χ1n) is 5.23. The summed E-state index contributed by atoms with van der Waals surface area (Å²) in [4.78, 5) is 6.26. The Morgan fingerprint density at radius 3 is 2.60 bits per heavy atom. The summed E-state index contributed by atoms with van der Waals surface area (Å²) in [5.74, 6) is -0.319. The normalized spacial score (nSPS) is 11.8. The highest BCUT2D eigenvalue weighted by molar-refractivity contribution is 7.89. The van der Waals surface area contributed by atoms with Crippen LogP contribution in [0.5, 0.6) is 5.75 Å². The third kappa shape index (κ3) is 5.17. The lowest BCUT2D eigenvalue weighted by Crippen LogP contribution is -2.25. The van der Waals surface area contributed by atoms with Crippen LogP contribution in [0.3, 0.4) is 0 Å². The van der Waals surface area contributed by atoms with Crippen LogP contribution in [0.1, 0.15) is 0 Å². The van der Waals surface area contributed by atoms with Gasteiger partial charge in [0.1, 0.15) is 5.75 Å². The Hall–Kier alpha value is -1.00. The van der Waals surface area contributed by atoms with Crippen molar-refractivity contribution >= 4 is 21.6 Å². The number of halogens is 3. The molecule has 0 aromatic heterocycles. The van der Waals surface area contributed by atoms with Gasteiger partial charge in [-0.15, -0.1) is 0 Å². The van der Waals surface area contributed by atoms with E-state index < -0.39 is 16.6 Å². The number of nitrogens with one attached hydrogen (secondary N) is 1. The van der Waals surface area contributed by atoms with E-state index in [4.69, 9.17) is 11.6 Å². The highest BCUT2D eigenvalue weighted by atomic mass is 35.5. The molecule has 114 valence electrons. The molecule has 1 aromatic carbocycles. The van der Waals surface area contributed by atoms with Crippen LogP contribution in [0.15, 0.2) is 23.1 Å². The lowest BCUT2D eigenvalue weighted by atomic mass is 10.3. The second kappa shape index (κ2) is 7.70. The van der Waals surface area contributed by atoms with Crippen LogP contribution >= 0.6 is 11.6 Å². The van der Waals surface area contributed by atoms with Crippen molar-refractivity contribution in [2.24, 2.45) is 0 Å². The molecule has 0 bridgehead atoms. The second-order valence-corrected chi connectivity index (χ2v) is 5.45. The molecule has 1 N–H and O–H groups in total. The SMILES string of the molecule is COCCONS(=O)(=O)c1ccc(OC(F)F)c(Cl)c1. The summed E-state index contributed by atoms with van der Waals surface area (Å²) < 4.78 is 56.3. The first kappa shape index (κ1) is 17.1. The van der Waals surface area contributed by atoms with E-state index in [1.807, 2.05) is 4.89 Å². The van der Waals surface area contributed by atoms with Gasteiger partial charge in [0.15, 0.2) is 0 Å². The topological polar surface area (TPSA) is 73.9 Å². The van der Waals surface area contributed by atoms with Gasteiger partial charge < -0.3 is 9.47 Å². The molecule has 0 radical (unpaired) electrons. The van der Waals surface area contributed by atoms with Crippen LogP contribution < -0.4 is 9.62 Å². The summed E-state index contributed by atoms with van der Waals surface area (Å²) in [6.07, 6.45) is 0. The molecule has 0 amide bonds. The average molecular weight is 332 g/mol. The first-order chi connectivity index (χ1) is 9.36. The van der Waals surface area contributed by atoms with Crippen LogP contribution in [-0.4, -0.2) is 35.4 Å². The molecule has 0 unspecified atom stereocenters. The second-order valence-electron chi connectivity index (χ2n) is 3.40. The molecule has 0 aliphatic carbocycles. The molecular weight excluding hydrogens is 320 g/mol. The van der Waals surface area contributed by atoms with E-state index in [1.54, 1.807) is 0 Å². The molecule has 0 aliphatic heterocycles. The van der Waals surface area contributed by atoms with Crippen molar-refractivity contribution in [3.63, 3.8) is 0 Å². The number of benzene rings is 1. The summed E-state index contributed by atoms with van der Waals surface area (Å²) in [6, 6.07) is 3.06. The number of ether oxygens (including phenoxy) is 2. The Balaban J connectivity index is 2.78. The van der Waals surface area contributed by atoms with Crippen molar-refractivity contribution in [2.45, 2.75) is 11.5 Å². The predicted molar refractivity (Wildman–Crippen MR) is 66.2 cm³/mol. The Bertz CT molecular complexity index is 540. The number of methoxy groups -OCH3 is 1. The molecule has 0 aliphatic rings. The first-order valence-corrected chi connectivity index (χ1v) is 7.10. The zero-order valence-corrected chi connectivity index (χ0v) is 11.9. The van der Waals surface area contributed by atoms with Gasteiger partial charge in [0.2, 0.25) is 0 Å². The smallest absolute Gasteiger partial charge is 0.387 e. The van der Waals surface area contributed by atoms with E-state index >= 15 is 0 Å². The third-order valence-electron chi connectivity index (χ3n) is 1.99. The van der Waals surface area contributed by atoms with Crippen LogP contribution in [-0.2, 0) is 19.6 Å². The Morgan fingerprint density at radius 1 is 1.35 bits per heavy atom. The zero-order chi connectivity index (χ0) is 15.2. The molecule has 0 atom stereocenters. The molecule has 1 aromatic rings. The maximum atomic E-state index is 12.0. The lowest BCUT2D eigenvalue weighted by Gasteiger charge is -2.10. The van der Waals surface area contributed by atoms with Crippen molar-refractivity contribution in [2.75, 3.05) is 20.3 Å². The molecule has 20 heavy (non-hydrogen) atoms. The van der Waals surface area contributed by atoms with Crippen molar-refractivity contribution < 1.29 is 31.5 Å². The summed E-state index contributed by atoms with van der Waals surface area (Å²) in [5.41, 5.74) is 0.